The van der Waals surface area contributed by atoms with Crippen molar-refractivity contribution >= 4 is 39.3 Å². The smallest absolute Gasteiger partial charge is 0.264 e. The summed E-state index contributed by atoms with van der Waals surface area (Å²) in [5.74, 6) is -0.987. The molecular formula is C38H42FN3O5S2. The summed E-state index contributed by atoms with van der Waals surface area (Å²) in [5.41, 5.74) is 1.27. The minimum Gasteiger partial charge on any atom is -0.494 e. The predicted octanol–water partition coefficient (Wildman–Crippen LogP) is 6.84. The quantitative estimate of drug-likeness (QED) is 0.136. The van der Waals surface area contributed by atoms with Crippen LogP contribution in [0.5, 0.6) is 5.75 Å². The molecule has 0 radical (unpaired) electrons. The van der Waals surface area contributed by atoms with Gasteiger partial charge in [0, 0.05) is 29.5 Å². The molecule has 0 heterocycles. The number of nitrogens with one attached hydrogen (secondary N) is 1. The highest BCUT2D eigenvalue weighted by Crippen LogP contribution is 2.28. The van der Waals surface area contributed by atoms with E-state index in [1.165, 1.54) is 34.9 Å². The molecule has 0 aliphatic heterocycles. The zero-order valence-electron chi connectivity index (χ0n) is 27.8. The molecule has 0 aromatic heterocycles. The first-order chi connectivity index (χ1) is 23.7. The summed E-state index contributed by atoms with van der Waals surface area (Å²) in [4.78, 5) is 31.0. The van der Waals surface area contributed by atoms with Crippen molar-refractivity contribution < 1.29 is 27.1 Å². The third kappa shape index (κ3) is 9.21. The van der Waals surface area contributed by atoms with E-state index in [2.05, 4.69) is 5.32 Å². The largest absolute Gasteiger partial charge is 0.494 e. The Morgan fingerprint density at radius 1 is 0.918 bits per heavy atom. The van der Waals surface area contributed by atoms with Crippen molar-refractivity contribution in [3.8, 4) is 5.75 Å². The van der Waals surface area contributed by atoms with Gasteiger partial charge in [0.05, 0.1) is 17.2 Å². The third-order valence-corrected chi connectivity index (χ3v) is 11.2. The molecule has 11 heteroatoms. The second-order valence-electron chi connectivity index (χ2n) is 11.9. The summed E-state index contributed by atoms with van der Waals surface area (Å²) in [6, 6.07) is 27.3. The van der Waals surface area contributed by atoms with Crippen LogP contribution >= 0.6 is 11.8 Å². The van der Waals surface area contributed by atoms with Gasteiger partial charge in [0.15, 0.2) is 0 Å². The maximum Gasteiger partial charge on any atom is 0.264 e. The van der Waals surface area contributed by atoms with Crippen molar-refractivity contribution in [2.24, 2.45) is 0 Å². The van der Waals surface area contributed by atoms with Gasteiger partial charge in [0.2, 0.25) is 11.8 Å². The standard InChI is InChI=1S/C38H42FN3O5S2/c1-3-47-32-19-17-31(18-20-32)42(49(45,46)34-23-21-33(48-2)22-24-34)27-37(43)41(26-29-13-7-10-16-35(29)39)36(25-28-11-5-4-6-12-28)38(44)40-30-14-8-9-15-30/h4-7,10-13,16-24,30,36H,3,8-9,14-15,25-27H2,1-2H3,(H,40,44)/t36-/m0/s1. The van der Waals surface area contributed by atoms with Gasteiger partial charge >= 0.3 is 0 Å². The normalized spacial score (nSPS) is 13.9. The van der Waals surface area contributed by atoms with Gasteiger partial charge in [-0.3, -0.25) is 13.9 Å². The zero-order chi connectivity index (χ0) is 34.8. The van der Waals surface area contributed by atoms with E-state index in [4.69, 9.17) is 4.74 Å². The van der Waals surface area contributed by atoms with E-state index in [0.29, 0.717) is 12.4 Å². The fourth-order valence-electron chi connectivity index (χ4n) is 6.01. The maximum atomic E-state index is 15.2. The van der Waals surface area contributed by atoms with Gasteiger partial charge in [-0.2, -0.15) is 0 Å². The molecule has 0 bridgehead atoms. The molecule has 0 spiro atoms. The average Bonchev–Trinajstić information content (AvgIpc) is 3.63. The van der Waals surface area contributed by atoms with Gasteiger partial charge in [0.1, 0.15) is 24.2 Å². The number of ether oxygens (including phenoxy) is 1. The van der Waals surface area contributed by atoms with Crippen LogP contribution < -0.4 is 14.4 Å². The number of rotatable bonds is 15. The van der Waals surface area contributed by atoms with Crippen LogP contribution in [0.4, 0.5) is 10.1 Å². The molecule has 8 nitrogen and oxygen atoms in total. The SMILES string of the molecule is CCOc1ccc(N(CC(=O)N(Cc2ccccc2F)[C@@H](Cc2ccccc2)C(=O)NC2CCCC2)S(=O)(=O)c2ccc(SC)cc2)cc1. The molecule has 1 aliphatic carbocycles. The van der Waals surface area contributed by atoms with Gasteiger partial charge in [-0.1, -0.05) is 61.4 Å². The molecule has 1 aliphatic rings. The average molecular weight is 704 g/mol. The zero-order valence-corrected chi connectivity index (χ0v) is 29.4. The highest BCUT2D eigenvalue weighted by atomic mass is 32.2. The lowest BCUT2D eigenvalue weighted by molar-refractivity contribution is -0.140. The fraction of sp³-hybridized carbons (Fsp3) is 0.316. The van der Waals surface area contributed by atoms with E-state index >= 15 is 4.39 Å². The second kappa shape index (κ2) is 16.8. The number of carbonyl (C=O) groups is 2. The van der Waals surface area contributed by atoms with Crippen LogP contribution in [0.25, 0.3) is 0 Å². The monoisotopic (exact) mass is 703 g/mol. The summed E-state index contributed by atoms with van der Waals surface area (Å²) >= 11 is 1.48. The van der Waals surface area contributed by atoms with E-state index in [-0.39, 0.29) is 41.1 Å². The lowest BCUT2D eigenvalue weighted by Crippen LogP contribution is -2.54. The summed E-state index contributed by atoms with van der Waals surface area (Å²) < 4.78 is 50.4. The number of amides is 2. The Kier molecular flexibility index (Phi) is 12.4. The molecule has 1 fully saturated rings. The maximum absolute atomic E-state index is 15.2. The second-order valence-corrected chi connectivity index (χ2v) is 14.7. The summed E-state index contributed by atoms with van der Waals surface area (Å²) in [6.45, 7) is 1.41. The molecule has 4 aromatic rings. The predicted molar refractivity (Wildman–Crippen MR) is 192 cm³/mol. The van der Waals surface area contributed by atoms with E-state index in [9.17, 15) is 18.0 Å². The molecule has 2 amide bonds. The Bertz CT molecular complexity index is 1800. The lowest BCUT2D eigenvalue weighted by atomic mass is 10.0. The minimum absolute atomic E-state index is 0.00690. The van der Waals surface area contributed by atoms with Crippen molar-refractivity contribution in [3.05, 3.63) is 120 Å². The number of carbonyl (C=O) groups excluding carboxylic acids is 2. The summed E-state index contributed by atoms with van der Waals surface area (Å²) in [6.07, 6.45) is 5.73. The first kappa shape index (κ1) is 35.9. The van der Waals surface area contributed by atoms with E-state index in [0.717, 1.165) is 40.4 Å². The molecule has 0 unspecified atom stereocenters. The topological polar surface area (TPSA) is 96.0 Å². The number of benzene rings is 4. The lowest BCUT2D eigenvalue weighted by Gasteiger charge is -2.34. The molecule has 1 N–H and O–H groups in total. The molecule has 1 saturated carbocycles. The van der Waals surface area contributed by atoms with Gasteiger partial charge in [-0.15, -0.1) is 11.8 Å². The minimum atomic E-state index is -4.28. The van der Waals surface area contributed by atoms with Crippen molar-refractivity contribution in [1.82, 2.24) is 10.2 Å². The molecule has 4 aromatic carbocycles. The number of hydrogen-bond acceptors (Lipinski definition) is 6. The molecule has 0 saturated heterocycles. The van der Waals surface area contributed by atoms with Crippen LogP contribution in [-0.2, 0) is 32.6 Å². The number of anilines is 1. The first-order valence-electron chi connectivity index (χ1n) is 16.5. The highest BCUT2D eigenvalue weighted by molar-refractivity contribution is 7.98. The Morgan fingerprint density at radius 2 is 1.57 bits per heavy atom. The van der Waals surface area contributed by atoms with Crippen molar-refractivity contribution in [1.29, 1.82) is 0 Å². The highest BCUT2D eigenvalue weighted by Gasteiger charge is 2.36. The molecule has 5 rings (SSSR count). The van der Waals surface area contributed by atoms with E-state index in [1.54, 1.807) is 54.6 Å². The van der Waals surface area contributed by atoms with E-state index in [1.807, 2.05) is 43.5 Å². The Labute approximate surface area is 292 Å². The molecular weight excluding hydrogens is 662 g/mol. The van der Waals surface area contributed by atoms with Crippen molar-refractivity contribution in [2.75, 3.05) is 23.7 Å². The van der Waals surface area contributed by atoms with Crippen LogP contribution in [0.2, 0.25) is 0 Å². The number of sulfonamides is 1. The Hall–Kier alpha value is -4.35. The molecule has 258 valence electrons. The third-order valence-electron chi connectivity index (χ3n) is 8.63. The first-order valence-corrected chi connectivity index (χ1v) is 19.1. The van der Waals surface area contributed by atoms with Gasteiger partial charge < -0.3 is 15.0 Å². The summed E-state index contributed by atoms with van der Waals surface area (Å²) in [5, 5.41) is 3.13. The van der Waals surface area contributed by atoms with Crippen molar-refractivity contribution in [3.63, 3.8) is 0 Å². The number of hydrogen-bond donors (Lipinski definition) is 1. The van der Waals surface area contributed by atoms with Crippen LogP contribution in [0.3, 0.4) is 0 Å². The van der Waals surface area contributed by atoms with Gasteiger partial charge in [0.25, 0.3) is 10.0 Å². The van der Waals surface area contributed by atoms with Crippen molar-refractivity contribution in [2.45, 2.75) is 67.4 Å². The van der Waals surface area contributed by atoms with E-state index < -0.39 is 34.3 Å². The molecule has 49 heavy (non-hydrogen) atoms. The number of thioether (sulfide) groups is 1. The van der Waals surface area contributed by atoms with Crippen LogP contribution in [0.1, 0.15) is 43.7 Å². The molecule has 1 atom stereocenters. The van der Waals surface area contributed by atoms with Crippen LogP contribution in [-0.4, -0.2) is 56.6 Å². The number of nitrogens with zero attached hydrogens (tertiary/aromatic N) is 2. The Balaban J connectivity index is 1.57. The fourth-order valence-corrected chi connectivity index (χ4v) is 7.83. The van der Waals surface area contributed by atoms with Crippen LogP contribution in [0.15, 0.2) is 113 Å². The number of halogens is 1. The van der Waals surface area contributed by atoms with Gasteiger partial charge in [-0.05, 0) is 86.2 Å². The van der Waals surface area contributed by atoms with Crippen LogP contribution in [0, 0.1) is 5.82 Å². The summed E-state index contributed by atoms with van der Waals surface area (Å²) in [7, 11) is -4.28. The Morgan fingerprint density at radius 3 is 2.20 bits per heavy atom. The van der Waals surface area contributed by atoms with Gasteiger partial charge in [-0.25, -0.2) is 12.8 Å².